The lowest BCUT2D eigenvalue weighted by Gasteiger charge is -2.05. The fraction of sp³-hybridized carbons (Fsp3) is 0. The number of rotatable bonds is 2. The first kappa shape index (κ1) is 12.1. The molecule has 8 heteroatoms. The van der Waals surface area contributed by atoms with Crippen LogP contribution in [0.2, 0.25) is 5.02 Å². The van der Waals surface area contributed by atoms with Crippen LogP contribution in [0.15, 0.2) is 30.6 Å². The quantitative estimate of drug-likeness (QED) is 0.706. The minimum Gasteiger partial charge on any atom is -0.316 e. The number of hydrogen-bond donors (Lipinski definition) is 3. The number of benzene rings is 1. The lowest BCUT2D eigenvalue weighted by Crippen LogP contribution is -2.29. The van der Waals surface area contributed by atoms with Crippen LogP contribution in [0.1, 0.15) is 0 Å². The molecule has 0 spiro atoms. The van der Waals surface area contributed by atoms with Crippen molar-refractivity contribution in [3.63, 3.8) is 0 Å². The topological polar surface area (TPSA) is 99.8 Å². The van der Waals surface area contributed by atoms with Gasteiger partial charge in [-0.05, 0) is 12.1 Å². The van der Waals surface area contributed by atoms with Crippen molar-refractivity contribution in [2.45, 2.75) is 0 Å². The van der Waals surface area contributed by atoms with Crippen molar-refractivity contribution in [3.05, 3.63) is 35.6 Å². The van der Waals surface area contributed by atoms with Crippen molar-refractivity contribution < 1.29 is 9.59 Å². The van der Waals surface area contributed by atoms with Crippen LogP contribution in [0.25, 0.3) is 0 Å². The summed E-state index contributed by atoms with van der Waals surface area (Å²) in [5, 5.41) is 10.9. The van der Waals surface area contributed by atoms with Gasteiger partial charge in [0.1, 0.15) is 6.33 Å². The van der Waals surface area contributed by atoms with Gasteiger partial charge in [0.15, 0.2) is 0 Å². The Labute approximate surface area is 107 Å². The number of aromatic amines is 1. The molecular formula is C10H8ClN5O2. The molecule has 1 aromatic carbocycles. The Balaban J connectivity index is 2.00. The lowest BCUT2D eigenvalue weighted by atomic mass is 10.3. The minimum absolute atomic E-state index is 0.0920. The van der Waals surface area contributed by atoms with E-state index in [4.69, 9.17) is 11.6 Å². The standard InChI is InChI=1S/C10H8ClN5O2/c11-6-3-1-2-4-7(6)14-8(17)9(18)15-10-12-5-13-16-10/h1-5H,(H,14,17)(H2,12,13,15,16,18). The van der Waals surface area contributed by atoms with Crippen molar-refractivity contribution in [2.24, 2.45) is 0 Å². The number of nitrogens with zero attached hydrogens (tertiary/aromatic N) is 2. The Kier molecular flexibility index (Phi) is 3.54. The summed E-state index contributed by atoms with van der Waals surface area (Å²) in [6.45, 7) is 0. The summed E-state index contributed by atoms with van der Waals surface area (Å²) >= 11 is 5.84. The monoisotopic (exact) mass is 265 g/mol. The van der Waals surface area contributed by atoms with Gasteiger partial charge in [0.2, 0.25) is 5.95 Å². The Morgan fingerprint density at radius 1 is 1.17 bits per heavy atom. The van der Waals surface area contributed by atoms with Gasteiger partial charge in [-0.1, -0.05) is 23.7 Å². The van der Waals surface area contributed by atoms with Gasteiger partial charge < -0.3 is 5.32 Å². The summed E-state index contributed by atoms with van der Waals surface area (Å²) in [4.78, 5) is 26.7. The number of carbonyl (C=O) groups is 2. The highest BCUT2D eigenvalue weighted by atomic mass is 35.5. The number of H-pyrrole nitrogens is 1. The van der Waals surface area contributed by atoms with Crippen molar-refractivity contribution >= 4 is 35.1 Å². The van der Waals surface area contributed by atoms with E-state index >= 15 is 0 Å². The zero-order chi connectivity index (χ0) is 13.0. The SMILES string of the molecule is O=C(Nc1ncn[nH]1)C(=O)Nc1ccccc1Cl. The largest absolute Gasteiger partial charge is 0.316 e. The molecule has 2 amide bonds. The van der Waals surface area contributed by atoms with E-state index in [0.717, 1.165) is 0 Å². The fourth-order valence-electron chi connectivity index (χ4n) is 1.17. The molecule has 0 aliphatic carbocycles. The summed E-state index contributed by atoms with van der Waals surface area (Å²) in [7, 11) is 0. The van der Waals surface area contributed by atoms with Gasteiger partial charge in [-0.15, -0.1) is 0 Å². The molecule has 3 N–H and O–H groups in total. The molecular weight excluding hydrogens is 258 g/mol. The van der Waals surface area contributed by atoms with Crippen LogP contribution >= 0.6 is 11.6 Å². The molecule has 0 saturated carbocycles. The molecule has 0 radical (unpaired) electrons. The number of halogens is 1. The van der Waals surface area contributed by atoms with Crippen LogP contribution in [0.4, 0.5) is 11.6 Å². The molecule has 0 fully saturated rings. The highest BCUT2D eigenvalue weighted by Gasteiger charge is 2.15. The maximum atomic E-state index is 11.5. The summed E-state index contributed by atoms with van der Waals surface area (Å²) in [5.74, 6) is -1.62. The van der Waals surface area contributed by atoms with E-state index in [2.05, 4.69) is 25.8 Å². The van der Waals surface area contributed by atoms with Crippen molar-refractivity contribution in [2.75, 3.05) is 10.6 Å². The second-order valence-corrected chi connectivity index (χ2v) is 3.63. The second kappa shape index (κ2) is 5.28. The molecule has 1 heterocycles. The molecule has 0 saturated heterocycles. The minimum atomic E-state index is -0.869. The van der Waals surface area contributed by atoms with Gasteiger partial charge in [0, 0.05) is 0 Å². The van der Waals surface area contributed by atoms with Gasteiger partial charge in [-0.25, -0.2) is 5.10 Å². The van der Waals surface area contributed by atoms with Crippen LogP contribution in [0.5, 0.6) is 0 Å². The third-order valence-electron chi connectivity index (χ3n) is 1.98. The van der Waals surface area contributed by atoms with Gasteiger partial charge in [-0.3, -0.25) is 14.9 Å². The molecule has 92 valence electrons. The zero-order valence-electron chi connectivity index (χ0n) is 8.98. The summed E-state index contributed by atoms with van der Waals surface area (Å²) < 4.78 is 0. The smallest absolute Gasteiger partial charge is 0.316 e. The van der Waals surface area contributed by atoms with Crippen LogP contribution in [0.3, 0.4) is 0 Å². The Bertz CT molecular complexity index is 569. The van der Waals surface area contributed by atoms with E-state index in [1.54, 1.807) is 24.3 Å². The van der Waals surface area contributed by atoms with Crippen molar-refractivity contribution in [3.8, 4) is 0 Å². The number of nitrogens with one attached hydrogen (secondary N) is 3. The molecule has 18 heavy (non-hydrogen) atoms. The van der Waals surface area contributed by atoms with Crippen LogP contribution < -0.4 is 10.6 Å². The van der Waals surface area contributed by atoms with Crippen molar-refractivity contribution in [1.82, 2.24) is 15.2 Å². The number of amides is 2. The van der Waals surface area contributed by atoms with Gasteiger partial charge in [-0.2, -0.15) is 10.1 Å². The predicted molar refractivity (Wildman–Crippen MR) is 65.1 cm³/mol. The first-order valence-electron chi connectivity index (χ1n) is 4.89. The normalized spacial score (nSPS) is 9.83. The van der Waals surface area contributed by atoms with Crippen LogP contribution in [-0.2, 0) is 9.59 Å². The molecule has 7 nitrogen and oxygen atoms in total. The van der Waals surface area contributed by atoms with E-state index in [1.165, 1.54) is 6.33 Å². The third-order valence-corrected chi connectivity index (χ3v) is 2.30. The zero-order valence-corrected chi connectivity index (χ0v) is 9.73. The summed E-state index contributed by atoms with van der Waals surface area (Å²) in [5.41, 5.74) is 0.358. The molecule has 0 unspecified atom stereocenters. The molecule has 2 aromatic rings. The first-order chi connectivity index (χ1) is 8.66. The Hall–Kier alpha value is -2.41. The predicted octanol–water partition coefficient (Wildman–Crippen LogP) is 1.04. The summed E-state index contributed by atoms with van der Waals surface area (Å²) in [6.07, 6.45) is 1.21. The van der Waals surface area contributed by atoms with Crippen molar-refractivity contribution in [1.29, 1.82) is 0 Å². The van der Waals surface area contributed by atoms with E-state index in [1.807, 2.05) is 0 Å². The average molecular weight is 266 g/mol. The number of carbonyl (C=O) groups excluding carboxylic acids is 2. The molecule has 0 aliphatic rings. The maximum Gasteiger partial charge on any atom is 0.316 e. The molecule has 2 rings (SSSR count). The molecule has 0 atom stereocenters. The van der Waals surface area contributed by atoms with Gasteiger partial charge in [0.05, 0.1) is 10.7 Å². The lowest BCUT2D eigenvalue weighted by molar-refractivity contribution is -0.133. The van der Waals surface area contributed by atoms with Gasteiger partial charge in [0.25, 0.3) is 0 Å². The second-order valence-electron chi connectivity index (χ2n) is 3.22. The maximum absolute atomic E-state index is 11.5. The summed E-state index contributed by atoms with van der Waals surface area (Å²) in [6, 6.07) is 6.59. The van der Waals surface area contributed by atoms with Crippen LogP contribution in [-0.4, -0.2) is 27.0 Å². The number of hydrogen-bond acceptors (Lipinski definition) is 4. The number of anilines is 2. The molecule has 0 bridgehead atoms. The highest BCUT2D eigenvalue weighted by molar-refractivity contribution is 6.44. The van der Waals surface area contributed by atoms with Gasteiger partial charge >= 0.3 is 11.8 Å². The molecule has 1 aromatic heterocycles. The van der Waals surface area contributed by atoms with E-state index in [-0.39, 0.29) is 5.95 Å². The highest BCUT2D eigenvalue weighted by Crippen LogP contribution is 2.20. The Morgan fingerprint density at radius 2 is 1.89 bits per heavy atom. The Morgan fingerprint density at radius 3 is 2.56 bits per heavy atom. The van der Waals surface area contributed by atoms with Crippen LogP contribution in [0, 0.1) is 0 Å². The third kappa shape index (κ3) is 2.83. The number of aromatic nitrogens is 3. The average Bonchev–Trinajstić information content (AvgIpc) is 2.84. The van der Waals surface area contributed by atoms with E-state index in [0.29, 0.717) is 10.7 Å². The van der Waals surface area contributed by atoms with E-state index in [9.17, 15) is 9.59 Å². The fourth-order valence-corrected chi connectivity index (χ4v) is 1.35. The number of para-hydroxylation sites is 1. The molecule has 0 aliphatic heterocycles. The first-order valence-corrected chi connectivity index (χ1v) is 5.27. The van der Waals surface area contributed by atoms with E-state index < -0.39 is 11.8 Å².